The fourth-order valence-corrected chi connectivity index (χ4v) is 3.87. The summed E-state index contributed by atoms with van der Waals surface area (Å²) in [6, 6.07) is 16.2. The molecule has 1 aliphatic carbocycles. The van der Waals surface area contributed by atoms with Crippen LogP contribution in [-0.4, -0.2) is 23.5 Å². The number of benzene rings is 2. The second-order valence-corrected chi connectivity index (χ2v) is 7.56. The maximum atomic E-state index is 13.0. The highest BCUT2D eigenvalue weighted by Crippen LogP contribution is 2.32. The van der Waals surface area contributed by atoms with Gasteiger partial charge < -0.3 is 10.1 Å². The second kappa shape index (κ2) is 8.34. The Morgan fingerprint density at radius 3 is 2.80 bits per heavy atom. The van der Waals surface area contributed by atoms with E-state index in [1.54, 1.807) is 24.3 Å². The van der Waals surface area contributed by atoms with E-state index < -0.39 is 18.5 Å². The van der Waals surface area contributed by atoms with Gasteiger partial charge in [-0.2, -0.15) is 5.26 Å². The van der Waals surface area contributed by atoms with Gasteiger partial charge in [-0.25, -0.2) is 4.79 Å². The van der Waals surface area contributed by atoms with Crippen LogP contribution in [-0.2, 0) is 22.4 Å². The van der Waals surface area contributed by atoms with E-state index in [1.165, 1.54) is 0 Å². The minimum atomic E-state index is -0.525. The van der Waals surface area contributed by atoms with Crippen LogP contribution in [0.2, 0.25) is 0 Å². The molecule has 3 aromatic rings. The van der Waals surface area contributed by atoms with Gasteiger partial charge >= 0.3 is 5.97 Å². The fourth-order valence-electron chi connectivity index (χ4n) is 3.87. The van der Waals surface area contributed by atoms with Crippen LogP contribution in [0.1, 0.15) is 40.5 Å². The van der Waals surface area contributed by atoms with Gasteiger partial charge in [0.05, 0.1) is 22.3 Å². The van der Waals surface area contributed by atoms with Crippen molar-refractivity contribution in [3.8, 4) is 6.07 Å². The summed E-state index contributed by atoms with van der Waals surface area (Å²) in [5, 5.41) is 12.5. The van der Waals surface area contributed by atoms with E-state index in [-0.39, 0.29) is 0 Å². The van der Waals surface area contributed by atoms with Crippen LogP contribution < -0.4 is 5.32 Å². The number of hydrogen-bond acceptors (Lipinski definition) is 5. The average molecular weight is 399 g/mol. The maximum Gasteiger partial charge on any atom is 0.339 e. The van der Waals surface area contributed by atoms with Gasteiger partial charge in [0.2, 0.25) is 0 Å². The highest BCUT2D eigenvalue weighted by atomic mass is 16.5. The van der Waals surface area contributed by atoms with Crippen LogP contribution in [0.3, 0.4) is 0 Å². The summed E-state index contributed by atoms with van der Waals surface area (Å²) in [4.78, 5) is 30.1. The van der Waals surface area contributed by atoms with Crippen molar-refractivity contribution in [1.82, 2.24) is 4.98 Å². The number of amides is 1. The monoisotopic (exact) mass is 399 g/mol. The molecule has 1 aromatic heterocycles. The van der Waals surface area contributed by atoms with Crippen LogP contribution >= 0.6 is 0 Å². The number of nitrogens with one attached hydrogen (secondary N) is 1. The summed E-state index contributed by atoms with van der Waals surface area (Å²) in [5.74, 6) is -0.563. The summed E-state index contributed by atoms with van der Waals surface area (Å²) in [6.07, 6.45) is 2.62. The van der Waals surface area contributed by atoms with E-state index in [1.807, 2.05) is 30.3 Å². The lowest BCUT2D eigenvalue weighted by Gasteiger charge is -2.24. The third-order valence-electron chi connectivity index (χ3n) is 5.37. The number of aryl methyl sites for hydroxylation is 1. The van der Waals surface area contributed by atoms with Gasteiger partial charge in [-0.3, -0.25) is 9.78 Å². The summed E-state index contributed by atoms with van der Waals surface area (Å²) < 4.78 is 5.38. The first kappa shape index (κ1) is 19.6. The number of hydrogen-bond donors (Lipinski definition) is 1. The lowest BCUT2D eigenvalue weighted by Crippen LogP contribution is -2.24. The van der Waals surface area contributed by atoms with Crippen LogP contribution in [0.4, 0.5) is 5.69 Å². The van der Waals surface area contributed by atoms with Crippen LogP contribution in [0.15, 0.2) is 48.5 Å². The molecule has 1 heterocycles. The number of para-hydroxylation sites is 2. The highest BCUT2D eigenvalue weighted by molar-refractivity contribution is 6.06. The predicted octanol–water partition coefficient (Wildman–Crippen LogP) is 4.03. The van der Waals surface area contributed by atoms with Crippen LogP contribution in [0.25, 0.3) is 10.9 Å². The number of aromatic nitrogens is 1. The average Bonchev–Trinajstić information content (AvgIpc) is 2.76. The molecule has 0 saturated carbocycles. The molecule has 1 N–H and O–H groups in total. The topological polar surface area (TPSA) is 92.1 Å². The minimum absolute atomic E-state index is 0.348. The van der Waals surface area contributed by atoms with E-state index in [2.05, 4.69) is 12.2 Å². The Morgan fingerprint density at radius 1 is 1.20 bits per heavy atom. The van der Waals surface area contributed by atoms with E-state index in [0.717, 1.165) is 41.4 Å². The first-order valence-electron chi connectivity index (χ1n) is 9.93. The lowest BCUT2D eigenvalue weighted by atomic mass is 9.84. The Morgan fingerprint density at radius 2 is 1.97 bits per heavy atom. The minimum Gasteiger partial charge on any atom is -0.452 e. The number of nitriles is 1. The van der Waals surface area contributed by atoms with Crippen LogP contribution in [0.5, 0.6) is 0 Å². The SMILES string of the molecule is CC1CCc2nc3ccccc3c(C(=O)OCC(=O)Nc3ccccc3C#N)c2C1. The molecule has 6 heteroatoms. The number of fused-ring (bicyclic) bond motifs is 2. The normalized spacial score (nSPS) is 15.1. The molecule has 1 aliphatic rings. The van der Waals surface area contributed by atoms with Crippen molar-refractivity contribution in [2.75, 3.05) is 11.9 Å². The Bertz CT molecular complexity index is 1180. The molecule has 0 aliphatic heterocycles. The number of anilines is 1. The number of carbonyl (C=O) groups is 2. The third-order valence-corrected chi connectivity index (χ3v) is 5.37. The zero-order valence-corrected chi connectivity index (χ0v) is 16.6. The van der Waals surface area contributed by atoms with Crippen molar-refractivity contribution < 1.29 is 14.3 Å². The first-order chi connectivity index (χ1) is 14.6. The second-order valence-electron chi connectivity index (χ2n) is 7.56. The lowest BCUT2D eigenvalue weighted by molar-refractivity contribution is -0.119. The molecule has 0 radical (unpaired) electrons. The third kappa shape index (κ3) is 3.87. The summed E-state index contributed by atoms with van der Waals surface area (Å²) in [6.45, 7) is 1.73. The van der Waals surface area contributed by atoms with E-state index in [0.29, 0.717) is 22.7 Å². The Balaban J connectivity index is 1.57. The van der Waals surface area contributed by atoms with Crippen molar-refractivity contribution >= 4 is 28.5 Å². The standard InChI is InChI=1S/C24H21N3O3/c1-15-10-11-21-18(12-15)23(17-7-3-5-9-20(17)26-21)24(29)30-14-22(28)27-19-8-4-2-6-16(19)13-25/h2-9,15H,10-12,14H2,1H3,(H,27,28). The molecule has 1 unspecified atom stereocenters. The molecule has 0 bridgehead atoms. The number of esters is 1. The van der Waals surface area contributed by atoms with Gasteiger partial charge in [-0.05, 0) is 48.9 Å². The van der Waals surface area contributed by atoms with Crippen molar-refractivity contribution in [3.63, 3.8) is 0 Å². The number of pyridine rings is 1. The van der Waals surface area contributed by atoms with Crippen molar-refractivity contribution in [2.45, 2.75) is 26.2 Å². The zero-order chi connectivity index (χ0) is 21.1. The molecule has 1 atom stereocenters. The van der Waals surface area contributed by atoms with E-state index >= 15 is 0 Å². The molecule has 4 rings (SSSR count). The zero-order valence-electron chi connectivity index (χ0n) is 16.6. The quantitative estimate of drug-likeness (QED) is 0.669. The van der Waals surface area contributed by atoms with Gasteiger partial charge in [0.15, 0.2) is 6.61 Å². The number of carbonyl (C=O) groups excluding carboxylic acids is 2. The predicted molar refractivity (Wildman–Crippen MR) is 113 cm³/mol. The molecule has 0 spiro atoms. The van der Waals surface area contributed by atoms with Crippen LogP contribution in [0, 0.1) is 17.2 Å². The molecule has 6 nitrogen and oxygen atoms in total. The fraction of sp³-hybridized carbons (Fsp3) is 0.250. The smallest absolute Gasteiger partial charge is 0.339 e. The van der Waals surface area contributed by atoms with Crippen molar-refractivity contribution in [2.24, 2.45) is 5.92 Å². The summed E-state index contributed by atoms with van der Waals surface area (Å²) >= 11 is 0. The molecule has 0 saturated heterocycles. The summed E-state index contributed by atoms with van der Waals surface area (Å²) in [7, 11) is 0. The molecule has 30 heavy (non-hydrogen) atoms. The van der Waals surface area contributed by atoms with E-state index in [4.69, 9.17) is 15.0 Å². The molecule has 0 fully saturated rings. The Labute approximate surface area is 174 Å². The summed E-state index contributed by atoms with van der Waals surface area (Å²) in [5.41, 5.74) is 3.86. The van der Waals surface area contributed by atoms with Crippen molar-refractivity contribution in [3.05, 3.63) is 70.9 Å². The highest BCUT2D eigenvalue weighted by Gasteiger charge is 2.26. The van der Waals surface area contributed by atoms with Gasteiger partial charge in [0.25, 0.3) is 5.91 Å². The Hall–Kier alpha value is -3.72. The molecular weight excluding hydrogens is 378 g/mol. The van der Waals surface area contributed by atoms with Gasteiger partial charge in [-0.1, -0.05) is 37.3 Å². The van der Waals surface area contributed by atoms with Gasteiger partial charge in [-0.15, -0.1) is 0 Å². The number of nitrogens with zero attached hydrogens (tertiary/aromatic N) is 2. The van der Waals surface area contributed by atoms with E-state index in [9.17, 15) is 9.59 Å². The molecule has 2 aromatic carbocycles. The molecular formula is C24H21N3O3. The molecule has 1 amide bonds. The Kier molecular flexibility index (Phi) is 5.44. The largest absolute Gasteiger partial charge is 0.452 e. The number of rotatable bonds is 4. The first-order valence-corrected chi connectivity index (χ1v) is 9.93. The molecule has 150 valence electrons. The van der Waals surface area contributed by atoms with Gasteiger partial charge in [0, 0.05) is 11.1 Å². The maximum absolute atomic E-state index is 13.0. The van der Waals surface area contributed by atoms with Crippen molar-refractivity contribution in [1.29, 1.82) is 5.26 Å². The van der Waals surface area contributed by atoms with Gasteiger partial charge in [0.1, 0.15) is 6.07 Å². The number of ether oxygens (including phenoxy) is 1.